The van der Waals surface area contributed by atoms with Crippen molar-refractivity contribution < 1.29 is 0 Å². The third-order valence-electron chi connectivity index (χ3n) is 7.87. The molecule has 0 N–H and O–H groups in total. The molecule has 7 rings (SSSR count). The molecule has 180 valence electrons. The molecule has 38 heavy (non-hydrogen) atoms. The van der Waals surface area contributed by atoms with Crippen molar-refractivity contribution in [2.45, 2.75) is 12.3 Å². The highest BCUT2D eigenvalue weighted by Gasteiger charge is 2.19. The zero-order valence-corrected chi connectivity index (χ0v) is 21.2. The van der Waals surface area contributed by atoms with Crippen LogP contribution in [0.5, 0.6) is 0 Å². The second kappa shape index (κ2) is 9.65. The van der Waals surface area contributed by atoms with Crippen LogP contribution in [0.4, 0.5) is 0 Å². The maximum Gasteiger partial charge on any atom is 0.0346 e. The predicted octanol–water partition coefficient (Wildman–Crippen LogP) is 9.78. The van der Waals surface area contributed by atoms with Gasteiger partial charge in [0, 0.05) is 5.92 Å². The van der Waals surface area contributed by atoms with Gasteiger partial charge in [0.15, 0.2) is 0 Å². The van der Waals surface area contributed by atoms with E-state index in [4.69, 9.17) is 0 Å². The molecule has 1 aliphatic carbocycles. The van der Waals surface area contributed by atoms with Crippen molar-refractivity contribution in [1.82, 2.24) is 0 Å². The largest absolute Gasteiger partial charge is 0.0622 e. The number of hydrogen-bond donors (Lipinski definition) is 0. The van der Waals surface area contributed by atoms with E-state index in [0.29, 0.717) is 0 Å². The summed E-state index contributed by atoms with van der Waals surface area (Å²) in [6, 6.07) is 53.1. The van der Waals surface area contributed by atoms with Crippen molar-refractivity contribution >= 4 is 22.4 Å². The lowest BCUT2D eigenvalue weighted by Gasteiger charge is -2.21. The molecule has 1 aliphatic rings. The fraction of sp³-hybridized carbons (Fsp3) is 0.0526. The van der Waals surface area contributed by atoms with Crippen LogP contribution in [0.1, 0.15) is 39.3 Å². The molecular formula is C38H28. The van der Waals surface area contributed by atoms with Gasteiger partial charge in [-0.15, -0.1) is 0 Å². The van der Waals surface area contributed by atoms with Crippen LogP contribution in [0.15, 0.2) is 146 Å². The first-order valence-corrected chi connectivity index (χ1v) is 13.4. The number of benzene rings is 6. The maximum absolute atomic E-state index is 2.33. The fourth-order valence-corrected chi connectivity index (χ4v) is 5.91. The number of hydrogen-bond acceptors (Lipinski definition) is 0. The van der Waals surface area contributed by atoms with Crippen molar-refractivity contribution in [1.29, 1.82) is 0 Å². The van der Waals surface area contributed by atoms with E-state index in [-0.39, 0.29) is 5.92 Å². The summed E-state index contributed by atoms with van der Waals surface area (Å²) in [5.41, 5.74) is 11.9. The maximum atomic E-state index is 2.33. The minimum absolute atomic E-state index is 0.176. The Kier molecular flexibility index (Phi) is 5.72. The summed E-state index contributed by atoms with van der Waals surface area (Å²) in [5.74, 6) is 0.176. The van der Waals surface area contributed by atoms with E-state index in [1.165, 1.54) is 60.9 Å². The molecule has 0 amide bonds. The van der Waals surface area contributed by atoms with E-state index < -0.39 is 0 Å². The summed E-state index contributed by atoms with van der Waals surface area (Å²) >= 11 is 0. The Labute approximate surface area is 224 Å². The van der Waals surface area contributed by atoms with E-state index in [9.17, 15) is 0 Å². The van der Waals surface area contributed by atoms with Crippen LogP contribution in [-0.4, -0.2) is 0 Å². The molecule has 0 heterocycles. The molecule has 0 bridgehead atoms. The zero-order valence-electron chi connectivity index (χ0n) is 21.2. The van der Waals surface area contributed by atoms with E-state index in [0.717, 1.165) is 6.42 Å². The molecule has 0 saturated heterocycles. The van der Waals surface area contributed by atoms with Gasteiger partial charge >= 0.3 is 0 Å². The van der Waals surface area contributed by atoms with Crippen LogP contribution in [0.25, 0.3) is 33.5 Å². The van der Waals surface area contributed by atoms with Gasteiger partial charge in [0.05, 0.1) is 0 Å². The molecule has 1 atom stereocenters. The topological polar surface area (TPSA) is 0 Å². The normalized spacial score (nSPS) is 13.2. The summed E-state index contributed by atoms with van der Waals surface area (Å²) in [7, 11) is 0. The first kappa shape index (κ1) is 22.5. The van der Waals surface area contributed by atoms with Crippen LogP contribution in [0.3, 0.4) is 0 Å². The standard InChI is InChI=1S/C38H28/c1-2-10-31(11-3-1)38(37-16-8-14-30-9-6-7-15-36(30)37)32-23-21-28(22-24-32)27-17-19-29(20-18-27)35-25-33-12-4-5-13-34(33)26-35/h1-25,38H,26H2. The van der Waals surface area contributed by atoms with Gasteiger partial charge in [-0.25, -0.2) is 0 Å². The quantitative estimate of drug-likeness (QED) is 0.214. The van der Waals surface area contributed by atoms with E-state index in [2.05, 4.69) is 152 Å². The van der Waals surface area contributed by atoms with Crippen molar-refractivity contribution in [2.75, 3.05) is 0 Å². The van der Waals surface area contributed by atoms with E-state index in [1.54, 1.807) is 0 Å². The predicted molar refractivity (Wildman–Crippen MR) is 161 cm³/mol. The Morgan fingerprint density at radius 1 is 0.447 bits per heavy atom. The highest BCUT2D eigenvalue weighted by atomic mass is 14.2. The molecule has 0 nitrogen and oxygen atoms in total. The Bertz CT molecular complexity index is 1750. The SMILES string of the molecule is C1=C(c2ccc(-c3ccc(C(c4ccccc4)c4cccc5ccccc45)cc3)cc2)Cc2ccccc21. The van der Waals surface area contributed by atoms with Crippen molar-refractivity contribution in [3.05, 3.63) is 179 Å². The molecule has 6 aromatic carbocycles. The summed E-state index contributed by atoms with van der Waals surface area (Å²) in [5, 5.41) is 2.59. The molecule has 0 aliphatic heterocycles. The van der Waals surface area contributed by atoms with Gasteiger partial charge in [-0.1, -0.05) is 152 Å². The van der Waals surface area contributed by atoms with Gasteiger partial charge in [0.25, 0.3) is 0 Å². The minimum Gasteiger partial charge on any atom is -0.0622 e. The van der Waals surface area contributed by atoms with Crippen molar-refractivity contribution in [3.63, 3.8) is 0 Å². The third kappa shape index (κ3) is 4.15. The molecule has 0 heteroatoms. The summed E-state index contributed by atoms with van der Waals surface area (Å²) in [6.07, 6.45) is 3.34. The monoisotopic (exact) mass is 484 g/mol. The van der Waals surface area contributed by atoms with Gasteiger partial charge < -0.3 is 0 Å². The second-order valence-corrected chi connectivity index (χ2v) is 10.2. The van der Waals surface area contributed by atoms with Crippen LogP contribution >= 0.6 is 0 Å². The second-order valence-electron chi connectivity index (χ2n) is 10.2. The molecule has 0 spiro atoms. The molecule has 0 radical (unpaired) electrons. The minimum atomic E-state index is 0.176. The van der Waals surface area contributed by atoms with E-state index >= 15 is 0 Å². The molecule has 1 unspecified atom stereocenters. The molecule has 0 aromatic heterocycles. The number of fused-ring (bicyclic) bond motifs is 2. The molecule has 0 saturated carbocycles. The smallest absolute Gasteiger partial charge is 0.0346 e. The molecule has 6 aromatic rings. The van der Waals surface area contributed by atoms with Crippen LogP contribution in [0.2, 0.25) is 0 Å². The van der Waals surface area contributed by atoms with Gasteiger partial charge in [-0.2, -0.15) is 0 Å². The lowest BCUT2D eigenvalue weighted by Crippen LogP contribution is -2.04. The lowest BCUT2D eigenvalue weighted by molar-refractivity contribution is 0.989. The number of rotatable bonds is 5. The Morgan fingerprint density at radius 2 is 1.05 bits per heavy atom. The molecular weight excluding hydrogens is 456 g/mol. The Morgan fingerprint density at radius 3 is 1.84 bits per heavy atom. The lowest BCUT2D eigenvalue weighted by atomic mass is 9.82. The van der Waals surface area contributed by atoms with E-state index in [1.807, 2.05) is 0 Å². The van der Waals surface area contributed by atoms with Crippen LogP contribution in [-0.2, 0) is 6.42 Å². The average Bonchev–Trinajstić information content (AvgIpc) is 3.43. The summed E-state index contributed by atoms with van der Waals surface area (Å²) in [4.78, 5) is 0. The summed E-state index contributed by atoms with van der Waals surface area (Å²) < 4.78 is 0. The zero-order chi connectivity index (χ0) is 25.3. The van der Waals surface area contributed by atoms with Gasteiger partial charge in [0.1, 0.15) is 0 Å². The fourth-order valence-electron chi connectivity index (χ4n) is 5.91. The van der Waals surface area contributed by atoms with Gasteiger partial charge in [0.2, 0.25) is 0 Å². The first-order valence-electron chi connectivity index (χ1n) is 13.4. The number of allylic oxidation sites excluding steroid dienone is 1. The third-order valence-corrected chi connectivity index (χ3v) is 7.87. The average molecular weight is 485 g/mol. The highest BCUT2D eigenvalue weighted by Crippen LogP contribution is 2.37. The Hall–Kier alpha value is -4.68. The molecule has 0 fully saturated rings. The van der Waals surface area contributed by atoms with Crippen LogP contribution in [0, 0.1) is 0 Å². The van der Waals surface area contributed by atoms with Crippen molar-refractivity contribution in [3.8, 4) is 11.1 Å². The van der Waals surface area contributed by atoms with Gasteiger partial charge in [-0.05, 0) is 67.3 Å². The Balaban J connectivity index is 1.21. The van der Waals surface area contributed by atoms with Gasteiger partial charge in [-0.3, -0.25) is 0 Å². The first-order chi connectivity index (χ1) is 18.8. The summed E-state index contributed by atoms with van der Waals surface area (Å²) in [6.45, 7) is 0. The van der Waals surface area contributed by atoms with Crippen LogP contribution < -0.4 is 0 Å². The highest BCUT2D eigenvalue weighted by molar-refractivity contribution is 5.89. The van der Waals surface area contributed by atoms with Crippen molar-refractivity contribution in [2.24, 2.45) is 0 Å².